The van der Waals surface area contributed by atoms with Gasteiger partial charge in [-0.3, -0.25) is 4.99 Å². The Balaban J connectivity index is 2.37. The van der Waals surface area contributed by atoms with Crippen molar-refractivity contribution in [2.75, 3.05) is 13.1 Å². The highest BCUT2D eigenvalue weighted by Gasteiger charge is 2.25. The molecule has 0 amide bonds. The largest absolute Gasteiger partial charge is 0.370 e. The second-order valence-electron chi connectivity index (χ2n) is 4.89. The van der Waals surface area contributed by atoms with Gasteiger partial charge in [0.2, 0.25) is 0 Å². The first kappa shape index (κ1) is 12.3. The van der Waals surface area contributed by atoms with E-state index in [-0.39, 0.29) is 0 Å². The van der Waals surface area contributed by atoms with E-state index < -0.39 is 0 Å². The van der Waals surface area contributed by atoms with E-state index in [0.717, 1.165) is 19.0 Å². The second kappa shape index (κ2) is 5.99. The summed E-state index contributed by atoms with van der Waals surface area (Å²) in [5, 5.41) is 0. The van der Waals surface area contributed by atoms with Gasteiger partial charge >= 0.3 is 0 Å². The quantitative estimate of drug-likeness (QED) is 0.684. The van der Waals surface area contributed by atoms with Crippen molar-refractivity contribution in [3.05, 3.63) is 0 Å². The summed E-state index contributed by atoms with van der Waals surface area (Å²) in [4.78, 5) is 6.64. The highest BCUT2D eigenvalue weighted by molar-refractivity contribution is 5.80. The van der Waals surface area contributed by atoms with Crippen LogP contribution in [0.15, 0.2) is 4.99 Å². The van der Waals surface area contributed by atoms with Crippen LogP contribution < -0.4 is 5.73 Å². The zero-order valence-electron chi connectivity index (χ0n) is 10.4. The molecular weight excluding hydrogens is 186 g/mol. The number of hydrogen-bond donors (Lipinski definition) is 1. The topological polar surface area (TPSA) is 41.6 Å². The highest BCUT2D eigenvalue weighted by atomic mass is 15.3. The van der Waals surface area contributed by atoms with Crippen LogP contribution in [0.4, 0.5) is 0 Å². The minimum atomic E-state index is 0.568. The van der Waals surface area contributed by atoms with Crippen molar-refractivity contribution in [1.82, 2.24) is 4.90 Å². The number of rotatable bonds is 6. The first-order valence-electron chi connectivity index (χ1n) is 6.21. The third-order valence-electron chi connectivity index (χ3n) is 2.90. The first-order valence-corrected chi connectivity index (χ1v) is 6.21. The molecule has 0 saturated carbocycles. The molecule has 0 bridgehead atoms. The Labute approximate surface area is 93.7 Å². The lowest BCUT2D eigenvalue weighted by atomic mass is 10.1. The molecule has 0 aliphatic carbocycles. The SMILES string of the molecule is CCCCCC1CN=C(N)N1CC(C)C. The van der Waals surface area contributed by atoms with Crippen molar-refractivity contribution in [1.29, 1.82) is 0 Å². The van der Waals surface area contributed by atoms with Gasteiger partial charge in [-0.05, 0) is 12.3 Å². The summed E-state index contributed by atoms with van der Waals surface area (Å²) in [5.41, 5.74) is 5.90. The number of aliphatic imine (C=N–C) groups is 1. The van der Waals surface area contributed by atoms with Crippen LogP contribution in [0, 0.1) is 5.92 Å². The van der Waals surface area contributed by atoms with Crippen LogP contribution in [0.2, 0.25) is 0 Å². The first-order chi connectivity index (χ1) is 7.15. The Morgan fingerprint density at radius 3 is 2.80 bits per heavy atom. The van der Waals surface area contributed by atoms with Crippen LogP contribution in [0.1, 0.15) is 46.5 Å². The lowest BCUT2D eigenvalue weighted by molar-refractivity contribution is 0.286. The fourth-order valence-electron chi connectivity index (χ4n) is 2.09. The van der Waals surface area contributed by atoms with Crippen molar-refractivity contribution < 1.29 is 0 Å². The Morgan fingerprint density at radius 2 is 2.20 bits per heavy atom. The molecule has 2 N–H and O–H groups in total. The third-order valence-corrected chi connectivity index (χ3v) is 2.90. The lowest BCUT2D eigenvalue weighted by Gasteiger charge is -2.27. The van der Waals surface area contributed by atoms with E-state index in [0.29, 0.717) is 12.0 Å². The zero-order chi connectivity index (χ0) is 11.3. The van der Waals surface area contributed by atoms with Crippen LogP contribution >= 0.6 is 0 Å². The smallest absolute Gasteiger partial charge is 0.191 e. The van der Waals surface area contributed by atoms with Gasteiger partial charge in [0.15, 0.2) is 5.96 Å². The van der Waals surface area contributed by atoms with Crippen molar-refractivity contribution in [2.24, 2.45) is 16.6 Å². The van der Waals surface area contributed by atoms with Crippen LogP contribution in [-0.2, 0) is 0 Å². The molecule has 0 aromatic carbocycles. The van der Waals surface area contributed by atoms with Crippen molar-refractivity contribution in [2.45, 2.75) is 52.5 Å². The molecule has 1 aliphatic heterocycles. The molecule has 15 heavy (non-hydrogen) atoms. The van der Waals surface area contributed by atoms with E-state index in [9.17, 15) is 0 Å². The summed E-state index contributed by atoms with van der Waals surface area (Å²) >= 11 is 0. The number of nitrogens with zero attached hydrogens (tertiary/aromatic N) is 2. The number of guanidine groups is 1. The monoisotopic (exact) mass is 211 g/mol. The van der Waals surface area contributed by atoms with E-state index in [4.69, 9.17) is 5.73 Å². The molecular formula is C12H25N3. The maximum atomic E-state index is 5.90. The molecule has 0 radical (unpaired) electrons. The van der Waals surface area contributed by atoms with Gasteiger partial charge in [-0.1, -0.05) is 40.0 Å². The van der Waals surface area contributed by atoms with E-state index in [1.165, 1.54) is 25.7 Å². The number of nitrogens with two attached hydrogens (primary N) is 1. The van der Waals surface area contributed by atoms with Gasteiger partial charge in [-0.15, -0.1) is 0 Å². The predicted octanol–water partition coefficient (Wildman–Crippen LogP) is 2.22. The van der Waals surface area contributed by atoms with E-state index in [1.54, 1.807) is 0 Å². The molecule has 1 heterocycles. The minimum absolute atomic E-state index is 0.568. The average Bonchev–Trinajstić information content (AvgIpc) is 2.49. The van der Waals surface area contributed by atoms with Gasteiger partial charge in [0, 0.05) is 6.54 Å². The Morgan fingerprint density at radius 1 is 1.47 bits per heavy atom. The molecule has 3 nitrogen and oxygen atoms in total. The molecule has 0 fully saturated rings. The maximum Gasteiger partial charge on any atom is 0.191 e. The molecule has 1 atom stereocenters. The molecule has 88 valence electrons. The predicted molar refractivity (Wildman–Crippen MR) is 66.0 cm³/mol. The average molecular weight is 211 g/mol. The van der Waals surface area contributed by atoms with Crippen LogP contribution in [0.25, 0.3) is 0 Å². The van der Waals surface area contributed by atoms with Gasteiger partial charge in [0.05, 0.1) is 12.6 Å². The lowest BCUT2D eigenvalue weighted by Crippen LogP contribution is -2.42. The molecule has 0 spiro atoms. The van der Waals surface area contributed by atoms with Crippen molar-refractivity contribution >= 4 is 5.96 Å². The summed E-state index contributed by atoms with van der Waals surface area (Å²) in [7, 11) is 0. The standard InChI is InChI=1S/C12H25N3/c1-4-5-6-7-11-8-14-12(13)15(11)9-10(2)3/h10-11H,4-9H2,1-3H3,(H2,13,14). The molecule has 3 heteroatoms. The fourth-order valence-corrected chi connectivity index (χ4v) is 2.09. The van der Waals surface area contributed by atoms with Crippen LogP contribution in [-0.4, -0.2) is 30.0 Å². The molecule has 1 rings (SSSR count). The summed E-state index contributed by atoms with van der Waals surface area (Å²) in [5.74, 6) is 1.41. The molecule has 0 aromatic rings. The maximum absolute atomic E-state index is 5.90. The van der Waals surface area contributed by atoms with Crippen molar-refractivity contribution in [3.8, 4) is 0 Å². The summed E-state index contributed by atoms with van der Waals surface area (Å²) < 4.78 is 0. The van der Waals surface area contributed by atoms with E-state index >= 15 is 0 Å². The molecule has 1 unspecified atom stereocenters. The zero-order valence-corrected chi connectivity index (χ0v) is 10.4. The van der Waals surface area contributed by atoms with E-state index in [1.807, 2.05) is 0 Å². The van der Waals surface area contributed by atoms with Gasteiger partial charge in [0.1, 0.15) is 0 Å². The molecule has 0 saturated heterocycles. The Bertz CT molecular complexity index is 211. The van der Waals surface area contributed by atoms with Crippen LogP contribution in [0.3, 0.4) is 0 Å². The third kappa shape index (κ3) is 3.73. The fraction of sp³-hybridized carbons (Fsp3) is 0.917. The Hall–Kier alpha value is -0.730. The summed E-state index contributed by atoms with van der Waals surface area (Å²) in [6.45, 7) is 8.66. The second-order valence-corrected chi connectivity index (χ2v) is 4.89. The normalized spacial score (nSPS) is 21.2. The van der Waals surface area contributed by atoms with Gasteiger partial charge < -0.3 is 10.6 Å². The minimum Gasteiger partial charge on any atom is -0.370 e. The highest BCUT2D eigenvalue weighted by Crippen LogP contribution is 2.16. The van der Waals surface area contributed by atoms with Crippen molar-refractivity contribution in [3.63, 3.8) is 0 Å². The van der Waals surface area contributed by atoms with Gasteiger partial charge in [-0.25, -0.2) is 0 Å². The van der Waals surface area contributed by atoms with Crippen LogP contribution in [0.5, 0.6) is 0 Å². The molecule has 0 aromatic heterocycles. The molecule has 1 aliphatic rings. The Kier molecular flexibility index (Phi) is 4.92. The number of unbranched alkanes of at least 4 members (excludes halogenated alkanes) is 2. The van der Waals surface area contributed by atoms with Gasteiger partial charge in [0.25, 0.3) is 0 Å². The van der Waals surface area contributed by atoms with E-state index in [2.05, 4.69) is 30.7 Å². The summed E-state index contributed by atoms with van der Waals surface area (Å²) in [6, 6.07) is 0.568. The van der Waals surface area contributed by atoms with Gasteiger partial charge in [-0.2, -0.15) is 0 Å². The summed E-state index contributed by atoms with van der Waals surface area (Å²) in [6.07, 6.45) is 5.16. The number of hydrogen-bond acceptors (Lipinski definition) is 3.